The molecule has 4 nitrogen and oxygen atoms in total. The van der Waals surface area contributed by atoms with Crippen LogP contribution in [0.1, 0.15) is 42.5 Å². The normalized spacial score (nSPS) is 26.2. The highest BCUT2D eigenvalue weighted by atomic mass is 79.9. The minimum Gasteiger partial charge on any atom is -0.335 e. The molecule has 1 aromatic rings. The molecule has 20 heavy (non-hydrogen) atoms. The van der Waals surface area contributed by atoms with E-state index in [2.05, 4.69) is 20.9 Å². The highest BCUT2D eigenvalue weighted by Gasteiger charge is 2.40. The Morgan fingerprint density at radius 1 is 1.30 bits per heavy atom. The minimum absolute atomic E-state index is 0.000926. The molecule has 1 aromatic heterocycles. The van der Waals surface area contributed by atoms with Crippen molar-refractivity contribution in [3.8, 4) is 0 Å². The van der Waals surface area contributed by atoms with E-state index in [9.17, 15) is 9.59 Å². The van der Waals surface area contributed by atoms with Crippen molar-refractivity contribution in [2.24, 2.45) is 5.92 Å². The fourth-order valence-corrected chi connectivity index (χ4v) is 3.77. The standard InChI is InChI=1S/C15H17BrN2O2/c16-11-7-10(8-17-9-11)15(20)18-6-2-4-13(18)12-3-1-5-14(12)19/h7-9,12-13H,1-6H2. The molecule has 2 unspecified atom stereocenters. The lowest BCUT2D eigenvalue weighted by molar-refractivity contribution is -0.121. The molecule has 1 saturated heterocycles. The highest BCUT2D eigenvalue weighted by Crippen LogP contribution is 2.34. The topological polar surface area (TPSA) is 50.3 Å². The van der Waals surface area contributed by atoms with Gasteiger partial charge in [-0.05, 0) is 47.7 Å². The molecule has 2 fully saturated rings. The molecule has 0 aromatic carbocycles. The lowest BCUT2D eigenvalue weighted by Crippen LogP contribution is -2.41. The zero-order chi connectivity index (χ0) is 14.1. The summed E-state index contributed by atoms with van der Waals surface area (Å²) in [5.41, 5.74) is 0.594. The van der Waals surface area contributed by atoms with Crippen molar-refractivity contribution in [2.45, 2.75) is 38.1 Å². The van der Waals surface area contributed by atoms with Crippen LogP contribution in [0.2, 0.25) is 0 Å². The van der Waals surface area contributed by atoms with Gasteiger partial charge in [0, 0.05) is 41.8 Å². The molecule has 2 aliphatic rings. The summed E-state index contributed by atoms with van der Waals surface area (Å²) in [4.78, 5) is 30.5. The SMILES string of the molecule is O=C1CCCC1C1CCCN1C(=O)c1cncc(Br)c1. The third-order valence-electron chi connectivity index (χ3n) is 4.33. The summed E-state index contributed by atoms with van der Waals surface area (Å²) in [5, 5.41) is 0. The van der Waals surface area contributed by atoms with Crippen LogP contribution >= 0.6 is 15.9 Å². The second-order valence-electron chi connectivity index (χ2n) is 5.56. The summed E-state index contributed by atoms with van der Waals surface area (Å²) in [5.74, 6) is 0.393. The van der Waals surface area contributed by atoms with Crippen LogP contribution in [0.25, 0.3) is 0 Å². The Morgan fingerprint density at radius 2 is 2.15 bits per heavy atom. The number of aromatic nitrogens is 1. The smallest absolute Gasteiger partial charge is 0.255 e. The van der Waals surface area contributed by atoms with Crippen molar-refractivity contribution in [2.75, 3.05) is 6.54 Å². The first-order valence-electron chi connectivity index (χ1n) is 7.11. The number of Topliss-reactive ketones (excluding diaryl/α,β-unsaturated/α-hetero) is 1. The van der Waals surface area contributed by atoms with Gasteiger partial charge in [-0.3, -0.25) is 14.6 Å². The molecule has 106 valence electrons. The average Bonchev–Trinajstić information content (AvgIpc) is 3.06. The Labute approximate surface area is 126 Å². The number of halogens is 1. The van der Waals surface area contributed by atoms with E-state index in [1.54, 1.807) is 18.5 Å². The Balaban J connectivity index is 1.81. The molecule has 0 spiro atoms. The Bertz CT molecular complexity index is 546. The zero-order valence-corrected chi connectivity index (χ0v) is 12.8. The van der Waals surface area contributed by atoms with Crippen LogP contribution in [-0.2, 0) is 4.79 Å². The number of likely N-dealkylation sites (tertiary alicyclic amines) is 1. The molecule has 1 saturated carbocycles. The summed E-state index contributed by atoms with van der Waals surface area (Å²) >= 11 is 3.34. The predicted molar refractivity (Wildman–Crippen MR) is 78.3 cm³/mol. The van der Waals surface area contributed by atoms with Gasteiger partial charge in [-0.1, -0.05) is 0 Å². The average molecular weight is 337 g/mol. The van der Waals surface area contributed by atoms with Crippen molar-refractivity contribution < 1.29 is 9.59 Å². The summed E-state index contributed by atoms with van der Waals surface area (Å²) in [6.45, 7) is 0.750. The summed E-state index contributed by atoms with van der Waals surface area (Å²) < 4.78 is 0.802. The molecule has 2 heterocycles. The van der Waals surface area contributed by atoms with Crippen LogP contribution in [0, 0.1) is 5.92 Å². The van der Waals surface area contributed by atoms with E-state index in [1.807, 2.05) is 4.90 Å². The van der Waals surface area contributed by atoms with Crippen LogP contribution in [0.4, 0.5) is 0 Å². The second kappa shape index (κ2) is 5.64. The van der Waals surface area contributed by atoms with E-state index in [4.69, 9.17) is 0 Å². The van der Waals surface area contributed by atoms with E-state index >= 15 is 0 Å². The molecule has 0 radical (unpaired) electrons. The van der Waals surface area contributed by atoms with Gasteiger partial charge in [0.25, 0.3) is 5.91 Å². The number of carbonyl (C=O) groups is 2. The molecule has 0 N–H and O–H groups in total. The third-order valence-corrected chi connectivity index (χ3v) is 4.76. The zero-order valence-electron chi connectivity index (χ0n) is 11.2. The Kier molecular flexibility index (Phi) is 3.87. The Morgan fingerprint density at radius 3 is 2.85 bits per heavy atom. The summed E-state index contributed by atoms with van der Waals surface area (Å²) in [6.07, 6.45) is 7.79. The summed E-state index contributed by atoms with van der Waals surface area (Å²) in [6, 6.07) is 1.89. The van der Waals surface area contributed by atoms with Gasteiger partial charge >= 0.3 is 0 Å². The molecule has 5 heteroatoms. The predicted octanol–water partition coefficient (Wildman–Crippen LogP) is 2.82. The number of nitrogens with zero attached hydrogens (tertiary/aromatic N) is 2. The van der Waals surface area contributed by atoms with E-state index in [0.717, 1.165) is 36.7 Å². The molecule has 1 aliphatic heterocycles. The first kappa shape index (κ1) is 13.7. The van der Waals surface area contributed by atoms with Gasteiger partial charge in [0.1, 0.15) is 5.78 Å². The van der Waals surface area contributed by atoms with Crippen molar-refractivity contribution >= 4 is 27.6 Å². The van der Waals surface area contributed by atoms with Gasteiger partial charge in [-0.25, -0.2) is 0 Å². The fourth-order valence-electron chi connectivity index (χ4n) is 3.41. The lowest BCUT2D eigenvalue weighted by atomic mass is 9.95. The van der Waals surface area contributed by atoms with Crippen LogP contribution in [0.15, 0.2) is 22.9 Å². The number of hydrogen-bond donors (Lipinski definition) is 0. The maximum absolute atomic E-state index is 12.6. The number of carbonyl (C=O) groups excluding carboxylic acids is 2. The van der Waals surface area contributed by atoms with Crippen molar-refractivity contribution in [3.05, 3.63) is 28.5 Å². The molecular formula is C15H17BrN2O2. The molecule has 2 atom stereocenters. The quantitative estimate of drug-likeness (QED) is 0.834. The van der Waals surface area contributed by atoms with Gasteiger partial charge in [-0.15, -0.1) is 0 Å². The van der Waals surface area contributed by atoms with Crippen LogP contribution < -0.4 is 0 Å². The van der Waals surface area contributed by atoms with Gasteiger partial charge in [-0.2, -0.15) is 0 Å². The first-order valence-corrected chi connectivity index (χ1v) is 7.90. The fraction of sp³-hybridized carbons (Fsp3) is 0.533. The Hall–Kier alpha value is -1.23. The van der Waals surface area contributed by atoms with Crippen LogP contribution in [0.3, 0.4) is 0 Å². The van der Waals surface area contributed by atoms with Gasteiger partial charge in [0.15, 0.2) is 0 Å². The van der Waals surface area contributed by atoms with Crippen LogP contribution in [-0.4, -0.2) is 34.2 Å². The monoisotopic (exact) mass is 336 g/mol. The van der Waals surface area contributed by atoms with E-state index in [-0.39, 0.29) is 17.9 Å². The van der Waals surface area contributed by atoms with E-state index < -0.39 is 0 Å². The number of ketones is 1. The van der Waals surface area contributed by atoms with E-state index in [1.165, 1.54) is 0 Å². The van der Waals surface area contributed by atoms with Crippen molar-refractivity contribution in [1.29, 1.82) is 0 Å². The first-order chi connectivity index (χ1) is 9.66. The van der Waals surface area contributed by atoms with Crippen molar-refractivity contribution in [1.82, 2.24) is 9.88 Å². The second-order valence-corrected chi connectivity index (χ2v) is 6.48. The number of rotatable bonds is 2. The van der Waals surface area contributed by atoms with E-state index in [0.29, 0.717) is 17.8 Å². The highest BCUT2D eigenvalue weighted by molar-refractivity contribution is 9.10. The van der Waals surface area contributed by atoms with Gasteiger partial charge in [0.2, 0.25) is 0 Å². The maximum Gasteiger partial charge on any atom is 0.255 e. The number of amides is 1. The molecule has 3 rings (SSSR count). The molecular weight excluding hydrogens is 320 g/mol. The lowest BCUT2D eigenvalue weighted by Gasteiger charge is -2.28. The maximum atomic E-state index is 12.6. The minimum atomic E-state index is 0.000926. The largest absolute Gasteiger partial charge is 0.335 e. The van der Waals surface area contributed by atoms with Gasteiger partial charge in [0.05, 0.1) is 5.56 Å². The van der Waals surface area contributed by atoms with Crippen molar-refractivity contribution in [3.63, 3.8) is 0 Å². The molecule has 1 amide bonds. The van der Waals surface area contributed by atoms with Gasteiger partial charge < -0.3 is 4.90 Å². The number of hydrogen-bond acceptors (Lipinski definition) is 3. The van der Waals surface area contributed by atoms with Crippen LogP contribution in [0.5, 0.6) is 0 Å². The molecule has 0 bridgehead atoms. The third kappa shape index (κ3) is 2.51. The molecule has 1 aliphatic carbocycles. The number of pyridine rings is 1. The summed E-state index contributed by atoms with van der Waals surface area (Å²) in [7, 11) is 0.